The van der Waals surface area contributed by atoms with E-state index < -0.39 is 83.6 Å². The molecule has 18 heteroatoms. The van der Waals surface area contributed by atoms with Gasteiger partial charge in [0.25, 0.3) is 15.9 Å². The lowest BCUT2D eigenvalue weighted by Crippen LogP contribution is -2.56. The summed E-state index contributed by atoms with van der Waals surface area (Å²) in [6.07, 6.45) is 7.95. The van der Waals surface area contributed by atoms with E-state index >= 15 is 0 Å². The lowest BCUT2D eigenvalue weighted by molar-refractivity contribution is -0.143. The van der Waals surface area contributed by atoms with Crippen LogP contribution in [0.15, 0.2) is 41.8 Å². The van der Waals surface area contributed by atoms with E-state index in [9.17, 15) is 32.4 Å². The summed E-state index contributed by atoms with van der Waals surface area (Å²) >= 11 is 0. The first-order valence-corrected chi connectivity index (χ1v) is 26.4. The molecule has 1 aromatic rings. The van der Waals surface area contributed by atoms with Gasteiger partial charge in [0, 0.05) is 25.4 Å². The Balaban J connectivity index is 1.33. The largest absolute Gasteiger partial charge is 0.467 e. The summed E-state index contributed by atoms with van der Waals surface area (Å²) in [4.78, 5) is 67.3. The van der Waals surface area contributed by atoms with E-state index in [1.165, 1.54) is 24.2 Å². The molecule has 3 fully saturated rings. The fourth-order valence-corrected chi connectivity index (χ4v) is 10.2. The third-order valence-corrected chi connectivity index (χ3v) is 18.2. The summed E-state index contributed by atoms with van der Waals surface area (Å²) in [6, 6.07) is 4.45. The topological polar surface area (TPSA) is 208 Å². The average molecular weight is 906 g/mol. The fourth-order valence-electron chi connectivity index (χ4n) is 7.65. The monoisotopic (exact) mass is 905 g/mol. The number of carbonyl (C=O) groups excluding carboxylic acids is 5. The van der Waals surface area contributed by atoms with Crippen molar-refractivity contribution in [2.24, 2.45) is 5.92 Å². The second kappa shape index (κ2) is 21.0. The number of nitrogens with zero attached hydrogens (tertiary/aromatic N) is 1. The van der Waals surface area contributed by atoms with Gasteiger partial charge in [-0.25, -0.2) is 27.5 Å². The van der Waals surface area contributed by atoms with E-state index in [-0.39, 0.29) is 35.4 Å². The minimum atomic E-state index is -4.42. The summed E-state index contributed by atoms with van der Waals surface area (Å²) in [6.45, 7) is 20.1. The molecule has 2 saturated carbocycles. The minimum Gasteiger partial charge on any atom is -0.467 e. The van der Waals surface area contributed by atoms with Gasteiger partial charge in [0.2, 0.25) is 5.91 Å². The van der Waals surface area contributed by atoms with Crippen molar-refractivity contribution in [3.63, 3.8) is 0 Å². The number of carbonyl (C=O) groups is 5. The Morgan fingerprint density at radius 1 is 0.968 bits per heavy atom. The second-order valence-corrected chi connectivity index (χ2v) is 25.7. The van der Waals surface area contributed by atoms with E-state index in [4.69, 9.17) is 18.6 Å². The number of methoxy groups -OCH3 is 1. The fraction of sp³-hybridized carbons (Fsp3) is 0.705. The molecule has 1 saturated heterocycles. The van der Waals surface area contributed by atoms with Crippen LogP contribution in [0.4, 0.5) is 15.3 Å². The van der Waals surface area contributed by atoms with E-state index in [1.807, 2.05) is 0 Å². The van der Waals surface area contributed by atoms with Crippen molar-refractivity contribution < 1.29 is 51.0 Å². The predicted molar refractivity (Wildman–Crippen MR) is 238 cm³/mol. The molecule has 0 spiro atoms. The van der Waals surface area contributed by atoms with Crippen LogP contribution in [0.3, 0.4) is 0 Å². The van der Waals surface area contributed by atoms with Crippen molar-refractivity contribution >= 4 is 54.0 Å². The smallest absolute Gasteiger partial charge is 0.411 e. The van der Waals surface area contributed by atoms with Crippen LogP contribution in [0.25, 0.3) is 0 Å². The summed E-state index contributed by atoms with van der Waals surface area (Å²) < 4.78 is 52.5. The summed E-state index contributed by atoms with van der Waals surface area (Å²) in [5, 5.41) is 8.52. The Kier molecular flexibility index (Phi) is 17.1. The number of likely N-dealkylation sites (tertiary alicyclic amines) is 1. The van der Waals surface area contributed by atoms with Crippen molar-refractivity contribution in [3.05, 3.63) is 36.9 Å². The van der Waals surface area contributed by atoms with Gasteiger partial charge in [-0.3, -0.25) is 14.5 Å². The molecular weight excluding hydrogens is 835 g/mol. The van der Waals surface area contributed by atoms with Crippen LogP contribution < -0.4 is 20.7 Å². The quantitative estimate of drug-likeness (QED) is 0.0346. The average Bonchev–Trinajstić information content (AvgIpc) is 3.43. The van der Waals surface area contributed by atoms with Gasteiger partial charge >= 0.3 is 18.2 Å². The van der Waals surface area contributed by atoms with Gasteiger partial charge < -0.3 is 34.6 Å². The summed E-state index contributed by atoms with van der Waals surface area (Å²) in [5.74, 6) is -2.59. The van der Waals surface area contributed by atoms with Gasteiger partial charge in [0.05, 0.1) is 18.9 Å². The molecule has 16 nitrogen and oxygen atoms in total. The molecule has 0 aromatic heterocycles. The third-order valence-electron chi connectivity index (χ3n) is 12.3. The molecule has 2 aliphatic carbocycles. The predicted octanol–water partition coefficient (Wildman–Crippen LogP) is 6.92. The highest BCUT2D eigenvalue weighted by Gasteiger charge is 2.61. The SMILES string of the molecule is C=C[C@@H]1C[C@]1(NC(=O)[C@@H]1C[C@@H](O[Si](C)(C)C(C)(C)C)CN1C(=O)OC(C)(C)C)C(=O)NS(=O)(=O)c1ccccc1NCCCCCCC[C@H](NC(=O)OC1CCCC1)C(=O)OC. The molecule has 1 aliphatic heterocycles. The van der Waals surface area contributed by atoms with Crippen LogP contribution >= 0.6 is 0 Å². The van der Waals surface area contributed by atoms with Gasteiger partial charge in [-0.15, -0.1) is 6.58 Å². The molecule has 0 unspecified atom stereocenters. The van der Waals surface area contributed by atoms with Crippen molar-refractivity contribution in [3.8, 4) is 0 Å². The number of alkyl carbamates (subject to hydrolysis) is 1. The maximum atomic E-state index is 14.1. The highest BCUT2D eigenvalue weighted by molar-refractivity contribution is 7.90. The summed E-state index contributed by atoms with van der Waals surface area (Å²) in [5.41, 5.74) is -2.12. The highest BCUT2D eigenvalue weighted by Crippen LogP contribution is 2.46. The van der Waals surface area contributed by atoms with Gasteiger partial charge in [0.1, 0.15) is 34.2 Å². The first-order chi connectivity index (χ1) is 28.9. The van der Waals surface area contributed by atoms with Crippen LogP contribution in [-0.4, -0.2) is 107 Å². The van der Waals surface area contributed by atoms with Crippen molar-refractivity contribution in [1.82, 2.24) is 20.3 Å². The zero-order chi connectivity index (χ0) is 46.1. The van der Waals surface area contributed by atoms with Crippen LogP contribution in [0.2, 0.25) is 18.1 Å². The van der Waals surface area contributed by atoms with E-state index in [0.29, 0.717) is 31.5 Å². The van der Waals surface area contributed by atoms with Crippen LogP contribution in [0.1, 0.15) is 119 Å². The Morgan fingerprint density at radius 2 is 1.61 bits per heavy atom. The number of benzene rings is 1. The van der Waals surface area contributed by atoms with Gasteiger partial charge in [-0.2, -0.15) is 0 Å². The number of unbranched alkanes of at least 4 members (excludes halogenated alkanes) is 4. The Labute approximate surface area is 369 Å². The Hall–Kier alpha value is -4.16. The lowest BCUT2D eigenvalue weighted by Gasteiger charge is -2.38. The number of para-hydroxylation sites is 1. The molecular formula is C44H71N5O11SSi. The molecule has 1 aromatic carbocycles. The van der Waals surface area contributed by atoms with Crippen molar-refractivity contribution in [2.75, 3.05) is 25.5 Å². The van der Waals surface area contributed by atoms with Gasteiger partial charge in [-0.1, -0.05) is 64.7 Å². The molecule has 0 bridgehead atoms. The van der Waals surface area contributed by atoms with Gasteiger partial charge in [-0.05, 0) is 96.0 Å². The lowest BCUT2D eigenvalue weighted by atomic mass is 10.1. The molecule has 3 aliphatic rings. The molecule has 4 N–H and O–H groups in total. The summed E-state index contributed by atoms with van der Waals surface area (Å²) in [7, 11) is -5.43. The first-order valence-electron chi connectivity index (χ1n) is 22.0. The number of nitrogens with one attached hydrogen (secondary N) is 4. The zero-order valence-electron chi connectivity index (χ0n) is 38.2. The normalized spacial score (nSPS) is 22.3. The molecule has 5 atom stereocenters. The maximum absolute atomic E-state index is 14.1. The molecule has 0 radical (unpaired) electrons. The molecule has 4 amide bonds. The van der Waals surface area contributed by atoms with E-state index in [2.05, 4.69) is 61.1 Å². The number of hydrogen-bond donors (Lipinski definition) is 4. The molecule has 348 valence electrons. The number of amides is 4. The number of esters is 1. The standard InChI is InChI=1S/C44H71N5O11SSi/c1-11-30-28-44(30,47-37(50)35-27-32(60-62(9,10)43(5,6)7)29-49(35)41(54)59-42(2,3)4)39(52)48-61(55,56)36-25-19-18-23-33(36)45-26-20-14-12-13-15-24-34(38(51)57-8)46-40(53)58-31-21-16-17-22-31/h11,18-19,23,25,30-32,34-35,45H,1,12-17,20-22,24,26-29H2,2-10H3,(H,46,53)(H,47,50)(H,48,52)/t30-,32-,34+,35+,44-/m1/s1. The van der Waals surface area contributed by atoms with Crippen molar-refractivity contribution in [1.29, 1.82) is 0 Å². The molecule has 1 heterocycles. The molecule has 4 rings (SSSR count). The number of rotatable bonds is 20. The van der Waals surface area contributed by atoms with E-state index in [1.54, 1.807) is 39.0 Å². The zero-order valence-corrected chi connectivity index (χ0v) is 40.0. The number of hydrogen-bond acceptors (Lipinski definition) is 12. The Bertz CT molecular complexity index is 1880. The number of anilines is 1. The third kappa shape index (κ3) is 13.7. The maximum Gasteiger partial charge on any atom is 0.411 e. The number of ether oxygens (including phenoxy) is 3. The highest BCUT2D eigenvalue weighted by atomic mass is 32.2. The first kappa shape index (κ1) is 50.5. The van der Waals surface area contributed by atoms with Crippen LogP contribution in [-0.2, 0) is 43.0 Å². The number of sulfonamides is 1. The van der Waals surface area contributed by atoms with Crippen molar-refractivity contribution in [2.45, 2.75) is 177 Å². The van der Waals surface area contributed by atoms with E-state index in [0.717, 1.165) is 44.9 Å². The van der Waals surface area contributed by atoms with Crippen LogP contribution in [0, 0.1) is 5.92 Å². The van der Waals surface area contributed by atoms with Crippen LogP contribution in [0.5, 0.6) is 0 Å². The molecule has 62 heavy (non-hydrogen) atoms. The minimum absolute atomic E-state index is 0.113. The van der Waals surface area contributed by atoms with Gasteiger partial charge in [0.15, 0.2) is 8.32 Å². The Morgan fingerprint density at radius 3 is 2.23 bits per heavy atom. The second-order valence-electron chi connectivity index (χ2n) is 19.3.